The molecule has 0 spiro atoms. The van der Waals surface area contributed by atoms with Crippen LogP contribution in [-0.4, -0.2) is 16.5 Å². The number of anilines is 1. The first-order chi connectivity index (χ1) is 9.70. The van der Waals surface area contributed by atoms with Crippen LogP contribution < -0.4 is 5.32 Å². The molecule has 0 fully saturated rings. The molecule has 0 bridgehead atoms. The van der Waals surface area contributed by atoms with Gasteiger partial charge in [0, 0.05) is 12.1 Å². The largest absolute Gasteiger partial charge is 0.369 e. The fourth-order valence-electron chi connectivity index (χ4n) is 1.99. The quantitative estimate of drug-likeness (QED) is 0.822. The molecule has 2 rings (SSSR count). The van der Waals surface area contributed by atoms with Crippen molar-refractivity contribution < 1.29 is 4.39 Å². The smallest absolute Gasteiger partial charge is 0.137 e. The molecule has 0 saturated carbocycles. The van der Waals surface area contributed by atoms with E-state index in [0.29, 0.717) is 5.15 Å². The fraction of sp³-hybridized carbons (Fsp3) is 0.333. The maximum Gasteiger partial charge on any atom is 0.137 e. The van der Waals surface area contributed by atoms with Gasteiger partial charge in [0.15, 0.2) is 0 Å². The molecule has 3 nitrogen and oxygen atoms in total. The lowest BCUT2D eigenvalue weighted by Crippen LogP contribution is -2.09. The Balaban J connectivity index is 1.97. The van der Waals surface area contributed by atoms with Gasteiger partial charge in [0.05, 0.1) is 0 Å². The third kappa shape index (κ3) is 3.90. The molecule has 5 heteroatoms. The van der Waals surface area contributed by atoms with Gasteiger partial charge in [0.2, 0.25) is 0 Å². The lowest BCUT2D eigenvalue weighted by molar-refractivity contribution is 0.627. The Bertz CT molecular complexity index is 558. The molecular formula is C15H17ClFN3. The van der Waals surface area contributed by atoms with E-state index in [1.165, 1.54) is 18.5 Å². The van der Waals surface area contributed by atoms with Gasteiger partial charge in [-0.05, 0) is 30.5 Å². The molecule has 0 aliphatic rings. The van der Waals surface area contributed by atoms with Crippen molar-refractivity contribution in [3.8, 4) is 0 Å². The maximum absolute atomic E-state index is 12.8. The first-order valence-corrected chi connectivity index (χ1v) is 7.06. The number of benzene rings is 1. The van der Waals surface area contributed by atoms with Crippen LogP contribution in [0.1, 0.15) is 24.5 Å². The van der Waals surface area contributed by atoms with Crippen LogP contribution >= 0.6 is 11.6 Å². The van der Waals surface area contributed by atoms with Crippen molar-refractivity contribution in [1.29, 1.82) is 0 Å². The highest BCUT2D eigenvalue weighted by Gasteiger charge is 2.08. The zero-order valence-electron chi connectivity index (χ0n) is 11.4. The number of nitrogens with one attached hydrogen (secondary N) is 1. The van der Waals surface area contributed by atoms with Crippen LogP contribution in [0.5, 0.6) is 0 Å². The van der Waals surface area contributed by atoms with Crippen molar-refractivity contribution >= 4 is 17.4 Å². The summed E-state index contributed by atoms with van der Waals surface area (Å²) in [6.45, 7) is 2.81. The number of hydrogen-bond acceptors (Lipinski definition) is 3. The molecule has 1 N–H and O–H groups in total. The van der Waals surface area contributed by atoms with Gasteiger partial charge in [-0.3, -0.25) is 0 Å². The molecule has 0 saturated heterocycles. The molecule has 1 aromatic carbocycles. The molecule has 1 heterocycles. The van der Waals surface area contributed by atoms with Crippen molar-refractivity contribution in [3.05, 3.63) is 52.7 Å². The summed E-state index contributed by atoms with van der Waals surface area (Å²) < 4.78 is 12.8. The summed E-state index contributed by atoms with van der Waals surface area (Å²) in [5.41, 5.74) is 2.03. The van der Waals surface area contributed by atoms with Crippen LogP contribution in [0.2, 0.25) is 5.15 Å². The van der Waals surface area contributed by atoms with E-state index >= 15 is 0 Å². The van der Waals surface area contributed by atoms with E-state index in [4.69, 9.17) is 11.6 Å². The summed E-state index contributed by atoms with van der Waals surface area (Å²) in [5.74, 6) is 0.573. The standard InChI is InChI=1S/C15H17ClFN3/c1-2-3-13-14(16)19-10-20-15(13)18-9-8-11-4-6-12(17)7-5-11/h4-7,10H,2-3,8-9H2,1H3,(H,18,19,20). The van der Waals surface area contributed by atoms with Gasteiger partial charge < -0.3 is 5.32 Å². The molecular weight excluding hydrogens is 277 g/mol. The second-order valence-electron chi connectivity index (χ2n) is 4.54. The van der Waals surface area contributed by atoms with Gasteiger partial charge in [0.25, 0.3) is 0 Å². The van der Waals surface area contributed by atoms with Crippen molar-refractivity contribution in [3.63, 3.8) is 0 Å². The molecule has 0 unspecified atom stereocenters. The first kappa shape index (κ1) is 14.7. The second kappa shape index (κ2) is 7.20. The lowest BCUT2D eigenvalue weighted by atomic mass is 10.1. The van der Waals surface area contributed by atoms with Gasteiger partial charge in [-0.25, -0.2) is 14.4 Å². The molecule has 0 amide bonds. The van der Waals surface area contributed by atoms with Crippen LogP contribution in [0.15, 0.2) is 30.6 Å². The van der Waals surface area contributed by atoms with Crippen LogP contribution in [0, 0.1) is 5.82 Å². The van der Waals surface area contributed by atoms with Crippen LogP contribution in [0.4, 0.5) is 10.2 Å². The predicted molar refractivity (Wildman–Crippen MR) is 79.6 cm³/mol. The van der Waals surface area contributed by atoms with Crippen molar-refractivity contribution in [2.45, 2.75) is 26.2 Å². The van der Waals surface area contributed by atoms with E-state index in [1.54, 1.807) is 12.1 Å². The fourth-order valence-corrected chi connectivity index (χ4v) is 2.22. The minimum atomic E-state index is -0.213. The van der Waals surface area contributed by atoms with E-state index in [2.05, 4.69) is 22.2 Å². The molecule has 20 heavy (non-hydrogen) atoms. The Morgan fingerprint density at radius 1 is 1.15 bits per heavy atom. The summed E-state index contributed by atoms with van der Waals surface area (Å²) in [6.07, 6.45) is 4.09. The number of nitrogens with zero attached hydrogens (tertiary/aromatic N) is 2. The van der Waals surface area contributed by atoms with Crippen LogP contribution in [0.3, 0.4) is 0 Å². The Labute approximate surface area is 123 Å². The second-order valence-corrected chi connectivity index (χ2v) is 4.90. The highest BCUT2D eigenvalue weighted by molar-refractivity contribution is 6.30. The Kier molecular flexibility index (Phi) is 5.30. The highest BCUT2D eigenvalue weighted by Crippen LogP contribution is 2.21. The minimum Gasteiger partial charge on any atom is -0.369 e. The Morgan fingerprint density at radius 3 is 2.60 bits per heavy atom. The van der Waals surface area contributed by atoms with E-state index < -0.39 is 0 Å². The predicted octanol–water partition coefficient (Wildman–Crippen LogP) is 3.88. The van der Waals surface area contributed by atoms with E-state index in [-0.39, 0.29) is 5.82 Å². The normalized spacial score (nSPS) is 10.6. The van der Waals surface area contributed by atoms with Gasteiger partial charge >= 0.3 is 0 Å². The van der Waals surface area contributed by atoms with Crippen LogP contribution in [0.25, 0.3) is 0 Å². The average Bonchev–Trinajstić information content (AvgIpc) is 2.45. The van der Waals surface area contributed by atoms with Crippen LogP contribution in [-0.2, 0) is 12.8 Å². The molecule has 0 radical (unpaired) electrons. The van der Waals surface area contributed by atoms with E-state index in [0.717, 1.165) is 42.8 Å². The molecule has 1 aromatic heterocycles. The number of hydrogen-bond donors (Lipinski definition) is 1. The topological polar surface area (TPSA) is 37.8 Å². The third-order valence-electron chi connectivity index (χ3n) is 3.01. The molecule has 0 atom stereocenters. The Morgan fingerprint density at radius 2 is 1.90 bits per heavy atom. The highest BCUT2D eigenvalue weighted by atomic mass is 35.5. The number of rotatable bonds is 6. The van der Waals surface area contributed by atoms with E-state index in [1.807, 2.05) is 0 Å². The zero-order valence-corrected chi connectivity index (χ0v) is 12.1. The summed E-state index contributed by atoms with van der Waals surface area (Å²) in [5, 5.41) is 3.78. The molecule has 0 aliphatic heterocycles. The summed E-state index contributed by atoms with van der Waals surface area (Å²) in [6, 6.07) is 6.52. The summed E-state index contributed by atoms with van der Waals surface area (Å²) >= 11 is 6.09. The average molecular weight is 294 g/mol. The first-order valence-electron chi connectivity index (χ1n) is 6.68. The summed E-state index contributed by atoms with van der Waals surface area (Å²) in [4.78, 5) is 8.24. The van der Waals surface area contributed by atoms with Crippen molar-refractivity contribution in [1.82, 2.24) is 9.97 Å². The number of halogens is 2. The maximum atomic E-state index is 12.8. The Hall–Kier alpha value is -1.68. The number of aromatic nitrogens is 2. The molecule has 106 valence electrons. The van der Waals surface area contributed by atoms with Gasteiger partial charge in [0.1, 0.15) is 23.1 Å². The zero-order chi connectivity index (χ0) is 14.4. The minimum absolute atomic E-state index is 0.213. The SMILES string of the molecule is CCCc1c(Cl)ncnc1NCCc1ccc(F)cc1. The lowest BCUT2D eigenvalue weighted by Gasteiger charge is -2.11. The van der Waals surface area contributed by atoms with Crippen molar-refractivity contribution in [2.24, 2.45) is 0 Å². The van der Waals surface area contributed by atoms with E-state index in [9.17, 15) is 4.39 Å². The molecule has 2 aromatic rings. The molecule has 0 aliphatic carbocycles. The van der Waals surface area contributed by atoms with Gasteiger partial charge in [-0.2, -0.15) is 0 Å². The third-order valence-corrected chi connectivity index (χ3v) is 3.34. The van der Waals surface area contributed by atoms with Gasteiger partial charge in [-0.1, -0.05) is 37.1 Å². The summed E-state index contributed by atoms with van der Waals surface area (Å²) in [7, 11) is 0. The van der Waals surface area contributed by atoms with Crippen molar-refractivity contribution in [2.75, 3.05) is 11.9 Å². The van der Waals surface area contributed by atoms with Gasteiger partial charge in [-0.15, -0.1) is 0 Å². The monoisotopic (exact) mass is 293 g/mol.